The number of hydrogen-bond donors (Lipinski definition) is 1. The Morgan fingerprint density at radius 1 is 1.42 bits per heavy atom. The van der Waals surface area contributed by atoms with Gasteiger partial charge in [-0.15, -0.1) is 0 Å². The van der Waals surface area contributed by atoms with Gasteiger partial charge in [0.25, 0.3) is 5.91 Å². The van der Waals surface area contributed by atoms with Crippen molar-refractivity contribution in [3.05, 3.63) is 33.3 Å². The summed E-state index contributed by atoms with van der Waals surface area (Å²) in [5.41, 5.74) is 0.670. The molecule has 1 aliphatic heterocycles. The van der Waals surface area contributed by atoms with E-state index in [0.29, 0.717) is 16.6 Å². The lowest BCUT2D eigenvalue weighted by molar-refractivity contribution is 0.0719. The minimum absolute atomic E-state index is 0.0513. The Labute approximate surface area is 127 Å². The van der Waals surface area contributed by atoms with Crippen LogP contribution in [0.5, 0.6) is 0 Å². The lowest BCUT2D eigenvalue weighted by Gasteiger charge is -2.27. The second-order valence-corrected chi connectivity index (χ2v) is 6.17. The highest BCUT2D eigenvalue weighted by molar-refractivity contribution is 9.10. The molecule has 19 heavy (non-hydrogen) atoms. The van der Waals surface area contributed by atoms with Crippen molar-refractivity contribution < 1.29 is 4.79 Å². The SMILES string of the molecule is CN(C(=O)c1ccc(Cl)cc1Br)C1CCCNCC1. The fourth-order valence-electron chi connectivity index (χ4n) is 2.41. The van der Waals surface area contributed by atoms with Crippen LogP contribution in [0.3, 0.4) is 0 Å². The molecule has 1 aromatic rings. The maximum atomic E-state index is 12.5. The molecule has 1 aliphatic rings. The summed E-state index contributed by atoms with van der Waals surface area (Å²) < 4.78 is 0.753. The molecule has 3 nitrogen and oxygen atoms in total. The van der Waals surface area contributed by atoms with E-state index in [4.69, 9.17) is 11.6 Å². The molecule has 2 rings (SSSR count). The second-order valence-electron chi connectivity index (χ2n) is 4.87. The summed E-state index contributed by atoms with van der Waals surface area (Å²) in [7, 11) is 1.89. The highest BCUT2D eigenvalue weighted by Crippen LogP contribution is 2.24. The van der Waals surface area contributed by atoms with E-state index in [-0.39, 0.29) is 5.91 Å². The molecule has 1 atom stereocenters. The number of rotatable bonds is 2. The number of carbonyl (C=O) groups is 1. The van der Waals surface area contributed by atoms with Crippen LogP contribution < -0.4 is 5.32 Å². The third kappa shape index (κ3) is 3.71. The minimum Gasteiger partial charge on any atom is -0.339 e. The van der Waals surface area contributed by atoms with Gasteiger partial charge < -0.3 is 10.2 Å². The predicted octanol–water partition coefficient (Wildman–Crippen LogP) is 3.32. The molecule has 1 N–H and O–H groups in total. The third-order valence-electron chi connectivity index (χ3n) is 3.57. The van der Waals surface area contributed by atoms with E-state index in [1.165, 1.54) is 0 Å². The number of benzene rings is 1. The van der Waals surface area contributed by atoms with Gasteiger partial charge in [-0.25, -0.2) is 0 Å². The largest absolute Gasteiger partial charge is 0.339 e. The van der Waals surface area contributed by atoms with Crippen molar-refractivity contribution >= 4 is 33.4 Å². The summed E-state index contributed by atoms with van der Waals surface area (Å²) in [4.78, 5) is 14.4. The van der Waals surface area contributed by atoms with Crippen molar-refractivity contribution in [1.82, 2.24) is 10.2 Å². The summed E-state index contributed by atoms with van der Waals surface area (Å²) in [5, 5.41) is 3.99. The zero-order valence-corrected chi connectivity index (χ0v) is 13.3. The van der Waals surface area contributed by atoms with Gasteiger partial charge in [0.2, 0.25) is 0 Å². The highest BCUT2D eigenvalue weighted by Gasteiger charge is 2.23. The standard InChI is InChI=1S/C14H18BrClN2O/c1-18(11-3-2-7-17-8-6-11)14(19)12-5-4-10(16)9-13(12)15/h4-5,9,11,17H,2-3,6-8H2,1H3. The topological polar surface area (TPSA) is 32.3 Å². The molecule has 1 aromatic carbocycles. The summed E-state index contributed by atoms with van der Waals surface area (Å²) in [6.45, 7) is 2.02. The average Bonchev–Trinajstić information content (AvgIpc) is 2.66. The van der Waals surface area contributed by atoms with Gasteiger partial charge in [0.05, 0.1) is 5.56 Å². The monoisotopic (exact) mass is 344 g/mol. The molecule has 1 unspecified atom stereocenters. The molecule has 0 aliphatic carbocycles. The van der Waals surface area contributed by atoms with E-state index >= 15 is 0 Å². The Morgan fingerprint density at radius 3 is 2.95 bits per heavy atom. The summed E-state index contributed by atoms with van der Waals surface area (Å²) >= 11 is 9.32. The van der Waals surface area contributed by atoms with Gasteiger partial charge in [-0.3, -0.25) is 4.79 Å². The van der Waals surface area contributed by atoms with E-state index in [9.17, 15) is 4.79 Å². The molecule has 1 fully saturated rings. The Kier molecular flexibility index (Phi) is 5.25. The van der Waals surface area contributed by atoms with Crippen LogP contribution in [0.1, 0.15) is 29.6 Å². The van der Waals surface area contributed by atoms with Crippen LogP contribution in [0.15, 0.2) is 22.7 Å². The van der Waals surface area contributed by atoms with Gasteiger partial charge in [0, 0.05) is 22.6 Å². The van der Waals surface area contributed by atoms with E-state index in [1.54, 1.807) is 18.2 Å². The second kappa shape index (κ2) is 6.73. The summed E-state index contributed by atoms with van der Waals surface area (Å²) in [6, 6.07) is 5.60. The average molecular weight is 346 g/mol. The molecule has 1 amide bonds. The quantitative estimate of drug-likeness (QED) is 0.892. The molecule has 5 heteroatoms. The minimum atomic E-state index is 0.0513. The fourth-order valence-corrected chi connectivity index (χ4v) is 3.26. The number of hydrogen-bond acceptors (Lipinski definition) is 2. The molecular formula is C14H18BrClN2O. The summed E-state index contributed by atoms with van der Waals surface area (Å²) in [5.74, 6) is 0.0513. The lowest BCUT2D eigenvalue weighted by atomic mass is 10.1. The van der Waals surface area contributed by atoms with Crippen molar-refractivity contribution in [2.45, 2.75) is 25.3 Å². The maximum Gasteiger partial charge on any atom is 0.254 e. The first kappa shape index (κ1) is 14.8. The van der Waals surface area contributed by atoms with Crippen LogP contribution in [0.4, 0.5) is 0 Å². The molecule has 0 radical (unpaired) electrons. The van der Waals surface area contributed by atoms with Gasteiger partial charge >= 0.3 is 0 Å². The molecular weight excluding hydrogens is 328 g/mol. The molecule has 1 saturated heterocycles. The third-order valence-corrected chi connectivity index (χ3v) is 4.47. The first-order chi connectivity index (χ1) is 9.09. The van der Waals surface area contributed by atoms with Crippen LogP contribution in [-0.4, -0.2) is 37.0 Å². The van der Waals surface area contributed by atoms with Gasteiger partial charge in [0.1, 0.15) is 0 Å². The van der Waals surface area contributed by atoms with E-state index in [2.05, 4.69) is 21.2 Å². The van der Waals surface area contributed by atoms with Crippen molar-refractivity contribution in [3.63, 3.8) is 0 Å². The number of halogens is 2. The van der Waals surface area contributed by atoms with Crippen LogP contribution in [0.25, 0.3) is 0 Å². The first-order valence-electron chi connectivity index (χ1n) is 6.52. The van der Waals surface area contributed by atoms with Gasteiger partial charge in [-0.05, 0) is 66.5 Å². The van der Waals surface area contributed by atoms with Crippen LogP contribution >= 0.6 is 27.5 Å². The number of carbonyl (C=O) groups excluding carboxylic acids is 1. The van der Waals surface area contributed by atoms with Crippen molar-refractivity contribution in [3.8, 4) is 0 Å². The lowest BCUT2D eigenvalue weighted by Crippen LogP contribution is -2.37. The van der Waals surface area contributed by atoms with Crippen LogP contribution in [0.2, 0.25) is 5.02 Å². The smallest absolute Gasteiger partial charge is 0.254 e. The normalized spacial score (nSPS) is 19.8. The Morgan fingerprint density at radius 2 is 2.21 bits per heavy atom. The molecule has 0 saturated carbocycles. The zero-order valence-electron chi connectivity index (χ0n) is 11.0. The predicted molar refractivity (Wildman–Crippen MR) is 81.8 cm³/mol. The van der Waals surface area contributed by atoms with Crippen molar-refractivity contribution in [2.24, 2.45) is 0 Å². The number of amides is 1. The number of nitrogens with zero attached hydrogens (tertiary/aromatic N) is 1. The van der Waals surface area contributed by atoms with E-state index in [0.717, 1.165) is 36.8 Å². The zero-order chi connectivity index (χ0) is 13.8. The molecule has 0 bridgehead atoms. The Balaban J connectivity index is 2.13. The maximum absolute atomic E-state index is 12.5. The molecule has 1 heterocycles. The van der Waals surface area contributed by atoms with Crippen molar-refractivity contribution in [2.75, 3.05) is 20.1 Å². The summed E-state index contributed by atoms with van der Waals surface area (Å²) in [6.07, 6.45) is 3.18. The van der Waals surface area contributed by atoms with Crippen molar-refractivity contribution in [1.29, 1.82) is 0 Å². The van der Waals surface area contributed by atoms with E-state index in [1.807, 2.05) is 11.9 Å². The Bertz CT molecular complexity index is 459. The van der Waals surface area contributed by atoms with Gasteiger partial charge in [0.15, 0.2) is 0 Å². The fraction of sp³-hybridized carbons (Fsp3) is 0.500. The number of nitrogens with one attached hydrogen (secondary N) is 1. The highest BCUT2D eigenvalue weighted by atomic mass is 79.9. The molecule has 0 aromatic heterocycles. The Hall–Kier alpha value is -0.580. The van der Waals surface area contributed by atoms with Crippen LogP contribution in [-0.2, 0) is 0 Å². The first-order valence-corrected chi connectivity index (χ1v) is 7.69. The molecule has 104 valence electrons. The van der Waals surface area contributed by atoms with E-state index < -0.39 is 0 Å². The van der Waals surface area contributed by atoms with Gasteiger partial charge in [-0.2, -0.15) is 0 Å². The van der Waals surface area contributed by atoms with Crippen LogP contribution in [0, 0.1) is 0 Å². The van der Waals surface area contributed by atoms with Gasteiger partial charge in [-0.1, -0.05) is 11.6 Å². The molecule has 0 spiro atoms.